The summed E-state index contributed by atoms with van der Waals surface area (Å²) < 4.78 is 0. The second kappa shape index (κ2) is 10.5. The van der Waals surface area contributed by atoms with Crippen LogP contribution in [0.4, 0.5) is 0 Å². The number of carboxylic acids is 1. The first-order valence-corrected chi connectivity index (χ1v) is 8.67. The number of carbonyl (C=O) groups excluding carboxylic acids is 2. The van der Waals surface area contributed by atoms with Gasteiger partial charge in [0, 0.05) is 6.42 Å². The molecule has 0 radical (unpaired) electrons. The van der Waals surface area contributed by atoms with E-state index < -0.39 is 42.5 Å². The Kier molecular flexibility index (Phi) is 8.70. The number of aliphatic carboxylic acids is 1. The Bertz CT molecular complexity index is 649. The van der Waals surface area contributed by atoms with Gasteiger partial charge in [-0.05, 0) is 23.6 Å². The van der Waals surface area contributed by atoms with Crippen molar-refractivity contribution in [3.63, 3.8) is 0 Å². The molecule has 0 aliphatic rings. The normalized spacial score (nSPS) is 15.3. The van der Waals surface area contributed by atoms with Crippen LogP contribution in [0.3, 0.4) is 0 Å². The molecule has 7 N–H and O–H groups in total. The molecule has 1 aromatic rings. The van der Waals surface area contributed by atoms with Crippen molar-refractivity contribution in [2.75, 3.05) is 6.61 Å². The van der Waals surface area contributed by atoms with Gasteiger partial charge in [0.1, 0.15) is 17.8 Å². The van der Waals surface area contributed by atoms with E-state index in [1.807, 2.05) is 13.8 Å². The predicted octanol–water partition coefficient (Wildman–Crippen LogP) is -0.645. The molecule has 1 aromatic carbocycles. The van der Waals surface area contributed by atoms with Gasteiger partial charge in [-0.2, -0.15) is 0 Å². The van der Waals surface area contributed by atoms with Gasteiger partial charge in [0.2, 0.25) is 11.8 Å². The fourth-order valence-electron chi connectivity index (χ4n) is 2.32. The zero-order chi connectivity index (χ0) is 20.6. The molecule has 0 saturated heterocycles. The van der Waals surface area contributed by atoms with E-state index in [2.05, 4.69) is 10.6 Å². The summed E-state index contributed by atoms with van der Waals surface area (Å²) in [6, 6.07) is 2.63. The summed E-state index contributed by atoms with van der Waals surface area (Å²) >= 11 is 0. The number of phenolic OH excluding ortho intramolecular Hbond substituents is 1. The molecule has 9 nitrogen and oxygen atoms in total. The second-order valence-electron chi connectivity index (χ2n) is 6.43. The maximum Gasteiger partial charge on any atom is 0.328 e. The molecule has 0 saturated carbocycles. The van der Waals surface area contributed by atoms with Crippen molar-refractivity contribution in [3.05, 3.63) is 29.8 Å². The summed E-state index contributed by atoms with van der Waals surface area (Å²) in [6.07, 6.45) is 0.734. The van der Waals surface area contributed by atoms with Crippen LogP contribution >= 0.6 is 0 Å². The molecule has 1 rings (SSSR count). The van der Waals surface area contributed by atoms with Crippen molar-refractivity contribution in [1.82, 2.24) is 10.6 Å². The molecule has 150 valence electrons. The van der Waals surface area contributed by atoms with Gasteiger partial charge in [0.25, 0.3) is 0 Å². The van der Waals surface area contributed by atoms with E-state index in [1.54, 1.807) is 12.1 Å². The van der Waals surface area contributed by atoms with Gasteiger partial charge in [-0.15, -0.1) is 0 Å². The first kappa shape index (κ1) is 22.4. The van der Waals surface area contributed by atoms with E-state index in [4.69, 9.17) is 15.9 Å². The number of hydrogen-bond donors (Lipinski definition) is 6. The van der Waals surface area contributed by atoms with E-state index in [0.29, 0.717) is 12.0 Å². The molecule has 0 aromatic heterocycles. The van der Waals surface area contributed by atoms with Crippen LogP contribution in [-0.2, 0) is 20.8 Å². The number of carboxylic acid groups (broad SMARTS) is 1. The van der Waals surface area contributed by atoms with Crippen molar-refractivity contribution >= 4 is 17.8 Å². The van der Waals surface area contributed by atoms with Gasteiger partial charge in [-0.1, -0.05) is 32.4 Å². The van der Waals surface area contributed by atoms with Crippen LogP contribution in [0.1, 0.15) is 25.8 Å². The highest BCUT2D eigenvalue weighted by Crippen LogP contribution is 2.12. The Morgan fingerprint density at radius 3 is 2.11 bits per heavy atom. The number of benzene rings is 1. The summed E-state index contributed by atoms with van der Waals surface area (Å²) in [4.78, 5) is 35.9. The van der Waals surface area contributed by atoms with Crippen LogP contribution < -0.4 is 16.4 Å². The summed E-state index contributed by atoms with van der Waals surface area (Å²) in [5.41, 5.74) is 6.54. The molecule has 2 amide bonds. The number of aromatic hydroxyl groups is 1. The summed E-state index contributed by atoms with van der Waals surface area (Å²) in [7, 11) is 0. The number of phenols is 1. The molecular formula is C18H27N3O6. The Labute approximate surface area is 157 Å². The van der Waals surface area contributed by atoms with Gasteiger partial charge >= 0.3 is 5.97 Å². The Hall–Kier alpha value is -2.65. The summed E-state index contributed by atoms with van der Waals surface area (Å²) in [5, 5.41) is 32.2. The van der Waals surface area contributed by atoms with Crippen molar-refractivity contribution in [2.45, 2.75) is 44.8 Å². The lowest BCUT2D eigenvalue weighted by Crippen LogP contribution is -2.56. The van der Waals surface area contributed by atoms with Crippen LogP contribution in [-0.4, -0.2) is 57.8 Å². The third-order valence-corrected chi connectivity index (χ3v) is 4.37. The fourth-order valence-corrected chi connectivity index (χ4v) is 2.32. The zero-order valence-electron chi connectivity index (χ0n) is 15.4. The average molecular weight is 381 g/mol. The largest absolute Gasteiger partial charge is 0.508 e. The maximum absolute atomic E-state index is 12.5. The standard InChI is InChI=1S/C18H27N3O6/c1-3-10(2)15(19)17(25)20-13(8-11-4-6-12(23)7-5-11)16(24)21-14(9-22)18(26)27/h4-7,10,13-15,22-23H,3,8-9,19H2,1-2H3,(H,20,25)(H,21,24)(H,26,27)/t10-,13-,14-,15-/m0/s1. The van der Waals surface area contributed by atoms with Crippen molar-refractivity contribution in [1.29, 1.82) is 0 Å². The number of nitrogens with one attached hydrogen (secondary N) is 2. The summed E-state index contributed by atoms with van der Waals surface area (Å²) in [5.74, 6) is -2.73. The highest BCUT2D eigenvalue weighted by molar-refractivity contribution is 5.92. The lowest BCUT2D eigenvalue weighted by atomic mass is 9.98. The summed E-state index contributed by atoms with van der Waals surface area (Å²) in [6.45, 7) is 2.91. The van der Waals surface area contributed by atoms with E-state index >= 15 is 0 Å². The molecule has 0 unspecified atom stereocenters. The van der Waals surface area contributed by atoms with Crippen LogP contribution in [0, 0.1) is 5.92 Å². The highest BCUT2D eigenvalue weighted by atomic mass is 16.4. The second-order valence-corrected chi connectivity index (χ2v) is 6.43. The zero-order valence-corrected chi connectivity index (χ0v) is 15.4. The number of aliphatic hydroxyl groups is 1. The molecule has 9 heteroatoms. The lowest BCUT2D eigenvalue weighted by Gasteiger charge is -2.24. The minimum absolute atomic E-state index is 0.0498. The first-order chi connectivity index (χ1) is 12.7. The topological polar surface area (TPSA) is 162 Å². The predicted molar refractivity (Wildman–Crippen MR) is 97.8 cm³/mol. The number of carbonyl (C=O) groups is 3. The van der Waals surface area contributed by atoms with E-state index in [-0.39, 0.29) is 18.1 Å². The van der Waals surface area contributed by atoms with Crippen molar-refractivity contribution < 1.29 is 29.7 Å². The number of hydrogen-bond acceptors (Lipinski definition) is 6. The van der Waals surface area contributed by atoms with Gasteiger partial charge in [-0.3, -0.25) is 9.59 Å². The number of aliphatic hydroxyl groups excluding tert-OH is 1. The fraction of sp³-hybridized carbons (Fsp3) is 0.500. The number of nitrogens with two attached hydrogens (primary N) is 1. The lowest BCUT2D eigenvalue weighted by molar-refractivity contribution is -0.143. The van der Waals surface area contributed by atoms with Gasteiger partial charge < -0.3 is 31.7 Å². The Morgan fingerprint density at radius 2 is 1.63 bits per heavy atom. The van der Waals surface area contributed by atoms with E-state index in [0.717, 1.165) is 0 Å². The molecule has 27 heavy (non-hydrogen) atoms. The first-order valence-electron chi connectivity index (χ1n) is 8.67. The van der Waals surface area contributed by atoms with Crippen LogP contribution in [0.25, 0.3) is 0 Å². The highest BCUT2D eigenvalue weighted by Gasteiger charge is 2.29. The van der Waals surface area contributed by atoms with Crippen LogP contribution in [0.15, 0.2) is 24.3 Å². The van der Waals surface area contributed by atoms with Gasteiger partial charge in [-0.25, -0.2) is 4.79 Å². The van der Waals surface area contributed by atoms with Gasteiger partial charge in [0.15, 0.2) is 0 Å². The minimum atomic E-state index is -1.49. The molecule has 0 aliphatic carbocycles. The minimum Gasteiger partial charge on any atom is -0.508 e. The Morgan fingerprint density at radius 1 is 1.07 bits per heavy atom. The van der Waals surface area contributed by atoms with Gasteiger partial charge in [0.05, 0.1) is 12.6 Å². The Balaban J connectivity index is 2.96. The van der Waals surface area contributed by atoms with Crippen molar-refractivity contribution in [2.24, 2.45) is 11.7 Å². The van der Waals surface area contributed by atoms with E-state index in [9.17, 15) is 19.5 Å². The van der Waals surface area contributed by atoms with E-state index in [1.165, 1.54) is 12.1 Å². The number of amides is 2. The molecule has 0 aliphatic heterocycles. The molecule has 4 atom stereocenters. The smallest absolute Gasteiger partial charge is 0.328 e. The monoisotopic (exact) mass is 381 g/mol. The molecule has 0 fully saturated rings. The maximum atomic E-state index is 12.5. The molecular weight excluding hydrogens is 354 g/mol. The van der Waals surface area contributed by atoms with Crippen LogP contribution in [0.5, 0.6) is 5.75 Å². The van der Waals surface area contributed by atoms with Crippen LogP contribution in [0.2, 0.25) is 0 Å². The third kappa shape index (κ3) is 6.87. The average Bonchev–Trinajstić information content (AvgIpc) is 2.65. The van der Waals surface area contributed by atoms with Crippen molar-refractivity contribution in [3.8, 4) is 5.75 Å². The quantitative estimate of drug-likeness (QED) is 0.314. The molecule has 0 heterocycles. The SMILES string of the molecule is CC[C@H](C)[C@H](N)C(=O)N[C@@H](Cc1ccc(O)cc1)C(=O)N[C@@H](CO)C(=O)O. The molecule has 0 spiro atoms. The third-order valence-electron chi connectivity index (χ3n) is 4.37. The molecule has 0 bridgehead atoms. The number of rotatable bonds is 10.